The maximum absolute atomic E-state index is 12.2. The zero-order chi connectivity index (χ0) is 22.9. The maximum atomic E-state index is 12.2. The molecule has 6 nitrogen and oxygen atoms in total. The first-order chi connectivity index (χ1) is 16.2. The monoisotopic (exact) mass is 445 g/mol. The topological polar surface area (TPSA) is 63.7 Å². The van der Waals surface area contributed by atoms with Gasteiger partial charge >= 0.3 is 0 Å². The molecule has 1 aliphatic heterocycles. The number of benzene rings is 2. The number of morpholine rings is 1. The lowest BCUT2D eigenvalue weighted by Gasteiger charge is -2.32. The van der Waals surface area contributed by atoms with Crippen molar-refractivity contribution in [1.29, 1.82) is 0 Å². The third-order valence-electron chi connectivity index (χ3n) is 5.85. The van der Waals surface area contributed by atoms with E-state index >= 15 is 0 Å². The van der Waals surface area contributed by atoms with Gasteiger partial charge in [-0.3, -0.25) is 14.7 Å². The van der Waals surface area contributed by atoms with Gasteiger partial charge in [-0.1, -0.05) is 48.5 Å². The molecule has 1 atom stereocenters. The van der Waals surface area contributed by atoms with Crippen LogP contribution >= 0.6 is 0 Å². The Balaban J connectivity index is 1.25. The van der Waals surface area contributed by atoms with Crippen LogP contribution in [0.1, 0.15) is 18.2 Å². The van der Waals surface area contributed by atoms with Gasteiger partial charge in [0.25, 0.3) is 0 Å². The van der Waals surface area contributed by atoms with Crippen LogP contribution in [0.5, 0.6) is 5.75 Å². The van der Waals surface area contributed by atoms with Gasteiger partial charge < -0.3 is 14.8 Å². The fourth-order valence-electron chi connectivity index (χ4n) is 3.81. The van der Waals surface area contributed by atoms with Crippen molar-refractivity contribution >= 4 is 5.91 Å². The number of hydrogen-bond acceptors (Lipinski definition) is 5. The van der Waals surface area contributed by atoms with E-state index in [1.165, 1.54) is 0 Å². The molecule has 0 unspecified atom stereocenters. The predicted octanol–water partition coefficient (Wildman–Crippen LogP) is 3.71. The molecule has 172 valence electrons. The van der Waals surface area contributed by atoms with Crippen LogP contribution in [0.2, 0.25) is 0 Å². The lowest BCUT2D eigenvalue weighted by molar-refractivity contribution is -0.120. The standard InChI is InChI=1S/C27H31N3O3/c1-21(30-13-15-32-16-14-30)20-33-26-11-8-23(9-12-26)24-7-10-25(28-19-24)17-27(31)29-18-22-5-3-2-4-6-22/h2-12,19,21H,13-18,20H2,1H3,(H,29,31)/t21-/m0/s1. The van der Waals surface area contributed by atoms with Gasteiger partial charge in [0.2, 0.25) is 5.91 Å². The fourth-order valence-corrected chi connectivity index (χ4v) is 3.81. The molecule has 2 heterocycles. The summed E-state index contributed by atoms with van der Waals surface area (Å²) in [5, 5.41) is 2.94. The number of carbonyl (C=O) groups is 1. The first kappa shape index (κ1) is 23.0. The lowest BCUT2D eigenvalue weighted by Crippen LogP contribution is -2.44. The molecule has 6 heteroatoms. The van der Waals surface area contributed by atoms with Crippen LogP contribution in [0.4, 0.5) is 0 Å². The molecule has 4 rings (SSSR count). The molecule has 3 aromatic rings. The average molecular weight is 446 g/mol. The predicted molar refractivity (Wildman–Crippen MR) is 129 cm³/mol. The summed E-state index contributed by atoms with van der Waals surface area (Å²) in [4.78, 5) is 19.1. The minimum atomic E-state index is -0.0353. The third-order valence-corrected chi connectivity index (χ3v) is 5.85. The molecule has 1 saturated heterocycles. The van der Waals surface area contributed by atoms with E-state index < -0.39 is 0 Å². The van der Waals surface area contributed by atoms with Crippen LogP contribution < -0.4 is 10.1 Å². The van der Waals surface area contributed by atoms with Crippen molar-refractivity contribution in [2.75, 3.05) is 32.9 Å². The number of aromatic nitrogens is 1. The van der Waals surface area contributed by atoms with Crippen LogP contribution in [0.15, 0.2) is 72.9 Å². The maximum Gasteiger partial charge on any atom is 0.226 e. The van der Waals surface area contributed by atoms with E-state index in [1.54, 1.807) is 0 Å². The molecular weight excluding hydrogens is 414 g/mol. The summed E-state index contributed by atoms with van der Waals surface area (Å²) >= 11 is 0. The van der Waals surface area contributed by atoms with Gasteiger partial charge in [-0.15, -0.1) is 0 Å². The first-order valence-corrected chi connectivity index (χ1v) is 11.5. The van der Waals surface area contributed by atoms with Crippen molar-refractivity contribution in [1.82, 2.24) is 15.2 Å². The largest absolute Gasteiger partial charge is 0.492 e. The second kappa shape index (κ2) is 11.6. The second-order valence-electron chi connectivity index (χ2n) is 8.31. The Bertz CT molecular complexity index is 1000. The number of ether oxygens (including phenoxy) is 2. The normalized spacial score (nSPS) is 15.1. The highest BCUT2D eigenvalue weighted by Gasteiger charge is 2.17. The highest BCUT2D eigenvalue weighted by molar-refractivity contribution is 5.78. The minimum Gasteiger partial charge on any atom is -0.492 e. The van der Waals surface area contributed by atoms with E-state index in [2.05, 4.69) is 22.1 Å². The number of pyridine rings is 1. The van der Waals surface area contributed by atoms with E-state index in [1.807, 2.05) is 72.9 Å². The van der Waals surface area contributed by atoms with Crippen molar-refractivity contribution in [3.05, 3.63) is 84.2 Å². The summed E-state index contributed by atoms with van der Waals surface area (Å²) in [6.07, 6.45) is 2.08. The molecule has 0 aliphatic carbocycles. The Morgan fingerprint density at radius 2 is 1.76 bits per heavy atom. The van der Waals surface area contributed by atoms with Crippen LogP contribution in [0.25, 0.3) is 11.1 Å². The molecule has 0 radical (unpaired) electrons. The van der Waals surface area contributed by atoms with E-state index in [0.29, 0.717) is 19.2 Å². The second-order valence-corrected chi connectivity index (χ2v) is 8.31. The van der Waals surface area contributed by atoms with Crippen LogP contribution in [0, 0.1) is 0 Å². The summed E-state index contributed by atoms with van der Waals surface area (Å²) in [7, 11) is 0. The molecule has 1 amide bonds. The van der Waals surface area contributed by atoms with Gasteiger partial charge in [-0.25, -0.2) is 0 Å². The minimum absolute atomic E-state index is 0.0353. The Morgan fingerprint density at radius 1 is 1.03 bits per heavy atom. The average Bonchev–Trinajstić information content (AvgIpc) is 2.88. The Kier molecular flexibility index (Phi) is 8.06. The molecule has 1 fully saturated rings. The number of nitrogens with zero attached hydrogens (tertiary/aromatic N) is 2. The number of hydrogen-bond donors (Lipinski definition) is 1. The van der Waals surface area contributed by atoms with Gasteiger partial charge in [0, 0.05) is 43.1 Å². The number of amides is 1. The number of rotatable bonds is 9. The van der Waals surface area contributed by atoms with Gasteiger partial charge in [0.1, 0.15) is 12.4 Å². The Morgan fingerprint density at radius 3 is 2.45 bits per heavy atom. The number of nitrogens with one attached hydrogen (secondary N) is 1. The third kappa shape index (κ3) is 6.88. The molecule has 0 bridgehead atoms. The summed E-state index contributed by atoms with van der Waals surface area (Å²) in [5.74, 6) is 0.824. The molecule has 2 aromatic carbocycles. The van der Waals surface area contributed by atoms with Gasteiger partial charge in [-0.2, -0.15) is 0 Å². The molecule has 1 aliphatic rings. The van der Waals surface area contributed by atoms with E-state index in [4.69, 9.17) is 9.47 Å². The van der Waals surface area contributed by atoms with Crippen LogP contribution in [-0.4, -0.2) is 54.7 Å². The quantitative estimate of drug-likeness (QED) is 0.544. The summed E-state index contributed by atoms with van der Waals surface area (Å²) in [5.41, 5.74) is 3.91. The highest BCUT2D eigenvalue weighted by atomic mass is 16.5. The molecule has 33 heavy (non-hydrogen) atoms. The molecular formula is C27H31N3O3. The lowest BCUT2D eigenvalue weighted by atomic mass is 10.1. The van der Waals surface area contributed by atoms with E-state index in [0.717, 1.165) is 54.4 Å². The summed E-state index contributed by atoms with van der Waals surface area (Å²) in [6, 6.07) is 22.2. The molecule has 1 aromatic heterocycles. The first-order valence-electron chi connectivity index (χ1n) is 11.5. The van der Waals surface area contributed by atoms with Gasteiger partial charge in [0.15, 0.2) is 0 Å². The van der Waals surface area contributed by atoms with E-state index in [-0.39, 0.29) is 12.3 Å². The van der Waals surface area contributed by atoms with Gasteiger partial charge in [-0.05, 0) is 36.2 Å². The summed E-state index contributed by atoms with van der Waals surface area (Å²) in [6.45, 7) is 6.88. The van der Waals surface area contributed by atoms with Crippen molar-refractivity contribution in [3.8, 4) is 16.9 Å². The fraction of sp³-hybridized carbons (Fsp3) is 0.333. The van der Waals surface area contributed by atoms with Crippen molar-refractivity contribution < 1.29 is 14.3 Å². The summed E-state index contributed by atoms with van der Waals surface area (Å²) < 4.78 is 11.4. The Labute approximate surface area is 195 Å². The van der Waals surface area contributed by atoms with Crippen molar-refractivity contribution in [2.24, 2.45) is 0 Å². The number of carbonyl (C=O) groups excluding carboxylic acids is 1. The molecule has 1 N–H and O–H groups in total. The highest BCUT2D eigenvalue weighted by Crippen LogP contribution is 2.22. The van der Waals surface area contributed by atoms with E-state index in [9.17, 15) is 4.79 Å². The Hall–Kier alpha value is -3.22. The zero-order valence-electron chi connectivity index (χ0n) is 19.1. The van der Waals surface area contributed by atoms with Crippen LogP contribution in [-0.2, 0) is 22.5 Å². The zero-order valence-corrected chi connectivity index (χ0v) is 19.1. The van der Waals surface area contributed by atoms with Crippen molar-refractivity contribution in [2.45, 2.75) is 25.9 Å². The SMILES string of the molecule is C[C@@H](COc1ccc(-c2ccc(CC(=O)NCc3ccccc3)nc2)cc1)N1CCOCC1. The van der Waals surface area contributed by atoms with Gasteiger partial charge in [0.05, 0.1) is 19.6 Å². The van der Waals surface area contributed by atoms with Crippen molar-refractivity contribution in [3.63, 3.8) is 0 Å². The van der Waals surface area contributed by atoms with Crippen LogP contribution in [0.3, 0.4) is 0 Å². The molecule has 0 saturated carbocycles. The molecule has 0 spiro atoms. The smallest absolute Gasteiger partial charge is 0.226 e.